The fourth-order valence-corrected chi connectivity index (χ4v) is 1.71. The number of hydrogen-bond donors (Lipinski definition) is 1. The first-order valence-electron chi connectivity index (χ1n) is 5.08. The van der Waals surface area contributed by atoms with E-state index in [-0.39, 0.29) is 11.3 Å². The summed E-state index contributed by atoms with van der Waals surface area (Å²) in [6.07, 6.45) is 1.83. The standard InChI is InChI=1S/C11H18N2OS/c1-7(2)8-6-12-10(15-8)13-9(14)11(3,4)5/h6-7H,1-5H3,(H,12,13,14). The van der Waals surface area contributed by atoms with Crippen molar-refractivity contribution in [2.45, 2.75) is 40.5 Å². The third-order valence-electron chi connectivity index (χ3n) is 1.99. The normalized spacial score (nSPS) is 11.9. The summed E-state index contributed by atoms with van der Waals surface area (Å²) in [7, 11) is 0. The summed E-state index contributed by atoms with van der Waals surface area (Å²) >= 11 is 1.54. The van der Waals surface area contributed by atoms with Crippen LogP contribution in [0.4, 0.5) is 5.13 Å². The summed E-state index contributed by atoms with van der Waals surface area (Å²) in [5.41, 5.74) is -0.371. The predicted octanol–water partition coefficient (Wildman–Crippen LogP) is 3.25. The number of carbonyl (C=O) groups excluding carboxylic acids is 1. The molecule has 0 unspecified atom stereocenters. The number of amides is 1. The smallest absolute Gasteiger partial charge is 0.231 e. The third kappa shape index (κ3) is 3.30. The molecule has 3 nitrogen and oxygen atoms in total. The summed E-state index contributed by atoms with van der Waals surface area (Å²) in [6, 6.07) is 0. The molecule has 1 N–H and O–H groups in total. The second-order valence-corrected chi connectivity index (χ2v) is 5.99. The van der Waals surface area contributed by atoms with Crippen molar-refractivity contribution in [1.82, 2.24) is 4.98 Å². The summed E-state index contributed by atoms with van der Waals surface area (Å²) in [4.78, 5) is 17.0. The van der Waals surface area contributed by atoms with Crippen molar-refractivity contribution in [2.24, 2.45) is 5.41 Å². The van der Waals surface area contributed by atoms with Gasteiger partial charge in [-0.05, 0) is 5.92 Å². The van der Waals surface area contributed by atoms with Crippen molar-refractivity contribution in [3.05, 3.63) is 11.1 Å². The van der Waals surface area contributed by atoms with Gasteiger partial charge in [0, 0.05) is 16.5 Å². The number of nitrogens with zero attached hydrogens (tertiary/aromatic N) is 1. The maximum Gasteiger partial charge on any atom is 0.231 e. The first-order chi connectivity index (χ1) is 6.80. The van der Waals surface area contributed by atoms with E-state index in [1.54, 1.807) is 11.3 Å². The lowest BCUT2D eigenvalue weighted by atomic mass is 9.96. The summed E-state index contributed by atoms with van der Waals surface area (Å²) < 4.78 is 0. The molecule has 1 heterocycles. The Hall–Kier alpha value is -0.900. The molecule has 0 aliphatic rings. The van der Waals surface area contributed by atoms with E-state index >= 15 is 0 Å². The van der Waals surface area contributed by atoms with Gasteiger partial charge in [0.15, 0.2) is 5.13 Å². The molecule has 1 rings (SSSR count). The van der Waals surface area contributed by atoms with Crippen molar-refractivity contribution in [2.75, 3.05) is 5.32 Å². The van der Waals surface area contributed by atoms with Gasteiger partial charge in [-0.25, -0.2) is 4.98 Å². The van der Waals surface area contributed by atoms with Crippen LogP contribution in [0.2, 0.25) is 0 Å². The van der Waals surface area contributed by atoms with Gasteiger partial charge in [0.25, 0.3) is 0 Å². The van der Waals surface area contributed by atoms with Crippen LogP contribution in [0.5, 0.6) is 0 Å². The van der Waals surface area contributed by atoms with Crippen molar-refractivity contribution < 1.29 is 4.79 Å². The van der Waals surface area contributed by atoms with E-state index in [0.717, 1.165) is 0 Å². The van der Waals surface area contributed by atoms with Gasteiger partial charge in [-0.2, -0.15) is 0 Å². The number of thiazole rings is 1. The Morgan fingerprint density at radius 3 is 2.47 bits per heavy atom. The van der Waals surface area contributed by atoms with Crippen molar-refractivity contribution in [3.63, 3.8) is 0 Å². The van der Waals surface area contributed by atoms with Crippen LogP contribution in [0.15, 0.2) is 6.20 Å². The van der Waals surface area contributed by atoms with Gasteiger partial charge in [0.1, 0.15) is 0 Å². The average molecular weight is 226 g/mol. The molecule has 1 aromatic rings. The lowest BCUT2D eigenvalue weighted by molar-refractivity contribution is -0.123. The van der Waals surface area contributed by atoms with Crippen LogP contribution >= 0.6 is 11.3 Å². The van der Waals surface area contributed by atoms with E-state index in [1.165, 1.54) is 4.88 Å². The first kappa shape index (κ1) is 12.2. The van der Waals surface area contributed by atoms with Crippen molar-refractivity contribution in [1.29, 1.82) is 0 Å². The van der Waals surface area contributed by atoms with Gasteiger partial charge >= 0.3 is 0 Å². The predicted molar refractivity (Wildman–Crippen MR) is 64.3 cm³/mol. The highest BCUT2D eigenvalue weighted by Gasteiger charge is 2.22. The molecular weight excluding hydrogens is 208 g/mol. The number of rotatable bonds is 2. The van der Waals surface area contributed by atoms with E-state index in [4.69, 9.17) is 0 Å². The van der Waals surface area contributed by atoms with Crippen LogP contribution in [-0.4, -0.2) is 10.9 Å². The van der Waals surface area contributed by atoms with Gasteiger partial charge < -0.3 is 5.32 Å². The molecule has 1 aromatic heterocycles. The molecule has 0 radical (unpaired) electrons. The molecule has 0 fully saturated rings. The number of anilines is 1. The number of hydrogen-bond acceptors (Lipinski definition) is 3. The Morgan fingerprint density at radius 2 is 2.07 bits per heavy atom. The van der Waals surface area contributed by atoms with Gasteiger partial charge in [-0.1, -0.05) is 34.6 Å². The minimum Gasteiger partial charge on any atom is -0.302 e. The topological polar surface area (TPSA) is 42.0 Å². The van der Waals surface area contributed by atoms with Crippen LogP contribution in [0.3, 0.4) is 0 Å². The SMILES string of the molecule is CC(C)c1cnc(NC(=O)C(C)(C)C)s1. The van der Waals surface area contributed by atoms with Crippen LogP contribution in [-0.2, 0) is 4.79 Å². The Morgan fingerprint density at radius 1 is 1.47 bits per heavy atom. The fourth-order valence-electron chi connectivity index (χ4n) is 0.896. The molecule has 0 saturated heterocycles. The first-order valence-corrected chi connectivity index (χ1v) is 5.89. The average Bonchev–Trinajstić information content (AvgIpc) is 2.50. The highest BCUT2D eigenvalue weighted by molar-refractivity contribution is 7.15. The third-order valence-corrected chi connectivity index (χ3v) is 3.21. The van der Waals surface area contributed by atoms with Crippen LogP contribution in [0, 0.1) is 5.41 Å². The van der Waals surface area contributed by atoms with E-state index in [2.05, 4.69) is 24.1 Å². The molecule has 0 spiro atoms. The lowest BCUT2D eigenvalue weighted by Gasteiger charge is -2.15. The zero-order valence-corrected chi connectivity index (χ0v) is 10.7. The number of carbonyl (C=O) groups is 1. The Balaban J connectivity index is 2.70. The molecule has 1 amide bonds. The van der Waals surface area contributed by atoms with Crippen molar-refractivity contribution in [3.8, 4) is 0 Å². The summed E-state index contributed by atoms with van der Waals surface area (Å²) in [5.74, 6) is 0.468. The zero-order chi connectivity index (χ0) is 11.6. The Bertz CT molecular complexity index is 350. The van der Waals surface area contributed by atoms with Gasteiger partial charge in [-0.3, -0.25) is 4.79 Å². The number of nitrogens with one attached hydrogen (secondary N) is 1. The second kappa shape index (κ2) is 4.31. The highest BCUT2D eigenvalue weighted by Crippen LogP contribution is 2.26. The molecule has 84 valence electrons. The molecule has 0 bridgehead atoms. The molecule has 0 saturated carbocycles. The van der Waals surface area contributed by atoms with Crippen LogP contribution in [0.25, 0.3) is 0 Å². The molecule has 0 aliphatic heterocycles. The zero-order valence-electron chi connectivity index (χ0n) is 9.92. The second-order valence-electron chi connectivity index (χ2n) is 4.93. The van der Waals surface area contributed by atoms with E-state index in [1.807, 2.05) is 27.0 Å². The molecule has 0 aromatic carbocycles. The number of aromatic nitrogens is 1. The summed E-state index contributed by atoms with van der Waals surface area (Å²) in [6.45, 7) is 9.89. The maximum atomic E-state index is 11.7. The van der Waals surface area contributed by atoms with Crippen LogP contribution < -0.4 is 5.32 Å². The monoisotopic (exact) mass is 226 g/mol. The lowest BCUT2D eigenvalue weighted by Crippen LogP contribution is -2.27. The van der Waals surface area contributed by atoms with E-state index < -0.39 is 0 Å². The Kier molecular flexibility index (Phi) is 3.50. The van der Waals surface area contributed by atoms with Gasteiger partial charge in [-0.15, -0.1) is 11.3 Å². The summed E-state index contributed by atoms with van der Waals surface area (Å²) in [5, 5.41) is 3.52. The molecule has 0 aliphatic carbocycles. The minimum atomic E-state index is -0.371. The van der Waals surface area contributed by atoms with Gasteiger partial charge in [0.2, 0.25) is 5.91 Å². The molecule has 4 heteroatoms. The fraction of sp³-hybridized carbons (Fsp3) is 0.636. The highest BCUT2D eigenvalue weighted by atomic mass is 32.1. The molecular formula is C11H18N2OS. The minimum absolute atomic E-state index is 0.00663. The van der Waals surface area contributed by atoms with Gasteiger partial charge in [0.05, 0.1) is 0 Å². The van der Waals surface area contributed by atoms with E-state index in [0.29, 0.717) is 11.0 Å². The molecule has 0 atom stereocenters. The largest absolute Gasteiger partial charge is 0.302 e. The quantitative estimate of drug-likeness (QED) is 0.841. The van der Waals surface area contributed by atoms with Crippen molar-refractivity contribution >= 4 is 22.4 Å². The molecule has 15 heavy (non-hydrogen) atoms. The van der Waals surface area contributed by atoms with E-state index in [9.17, 15) is 4.79 Å². The Labute approximate surface area is 94.9 Å². The maximum absolute atomic E-state index is 11.7. The van der Waals surface area contributed by atoms with Crippen LogP contribution in [0.1, 0.15) is 45.4 Å².